The molecule has 0 bridgehead atoms. The Morgan fingerprint density at radius 2 is 2.06 bits per heavy atom. The van der Waals surface area contributed by atoms with Gasteiger partial charge in [0.05, 0.1) is 6.61 Å². The number of aromatic nitrogens is 1. The summed E-state index contributed by atoms with van der Waals surface area (Å²) in [5.74, 6) is 0. The molecule has 1 aliphatic rings. The number of rotatable bonds is 1. The summed E-state index contributed by atoms with van der Waals surface area (Å²) in [6, 6.07) is 1.75. The monoisotopic (exact) mass is 254 g/mol. The lowest BCUT2D eigenvalue weighted by atomic mass is 9.78. The topological polar surface area (TPSA) is 45.2 Å². The summed E-state index contributed by atoms with van der Waals surface area (Å²) in [5, 5.41) is 13.5. The van der Waals surface area contributed by atoms with Crippen LogP contribution in [0.25, 0.3) is 0 Å². The summed E-state index contributed by atoms with van der Waals surface area (Å²) < 4.78 is 0. The third kappa shape index (κ3) is 2.32. The van der Waals surface area contributed by atoms with Crippen molar-refractivity contribution in [2.45, 2.75) is 51.8 Å². The standard InChI is InChI=1S/C13H19ClN2O/c1-12(2)6-9-11(13(3,4)16-12)8(7-17)5-10(14)15-9/h5,16-17H,6-7H2,1-4H3. The summed E-state index contributed by atoms with van der Waals surface area (Å²) in [6.07, 6.45) is 0.819. The van der Waals surface area contributed by atoms with Crippen LogP contribution in [-0.4, -0.2) is 15.6 Å². The van der Waals surface area contributed by atoms with E-state index in [9.17, 15) is 5.11 Å². The van der Waals surface area contributed by atoms with Crippen LogP contribution in [0.3, 0.4) is 0 Å². The van der Waals surface area contributed by atoms with Crippen molar-refractivity contribution in [1.29, 1.82) is 0 Å². The number of hydrogen-bond donors (Lipinski definition) is 2. The molecule has 0 aliphatic carbocycles. The van der Waals surface area contributed by atoms with Crippen molar-refractivity contribution in [2.24, 2.45) is 0 Å². The van der Waals surface area contributed by atoms with E-state index in [4.69, 9.17) is 11.6 Å². The first-order chi connectivity index (χ1) is 7.75. The fourth-order valence-corrected chi connectivity index (χ4v) is 3.24. The quantitative estimate of drug-likeness (QED) is 0.757. The molecule has 94 valence electrons. The van der Waals surface area contributed by atoms with Crippen LogP contribution in [0.2, 0.25) is 5.15 Å². The molecule has 0 amide bonds. The smallest absolute Gasteiger partial charge is 0.129 e. The zero-order valence-electron chi connectivity index (χ0n) is 10.8. The lowest BCUT2D eigenvalue weighted by Crippen LogP contribution is -2.56. The van der Waals surface area contributed by atoms with Crippen molar-refractivity contribution in [1.82, 2.24) is 10.3 Å². The zero-order valence-corrected chi connectivity index (χ0v) is 11.5. The summed E-state index contributed by atoms with van der Waals surface area (Å²) in [5.41, 5.74) is 2.74. The highest BCUT2D eigenvalue weighted by Crippen LogP contribution is 2.36. The van der Waals surface area contributed by atoms with Crippen molar-refractivity contribution in [3.05, 3.63) is 28.0 Å². The van der Waals surface area contributed by atoms with Gasteiger partial charge in [0.1, 0.15) is 5.15 Å². The molecule has 0 unspecified atom stereocenters. The average molecular weight is 255 g/mol. The molecular weight excluding hydrogens is 236 g/mol. The number of nitrogens with one attached hydrogen (secondary N) is 1. The van der Waals surface area contributed by atoms with Crippen LogP contribution in [0.15, 0.2) is 6.07 Å². The first-order valence-corrected chi connectivity index (χ1v) is 6.22. The molecule has 0 atom stereocenters. The maximum atomic E-state index is 9.47. The van der Waals surface area contributed by atoms with E-state index in [0.29, 0.717) is 5.15 Å². The number of aliphatic hydroxyl groups is 1. The third-order valence-electron chi connectivity index (χ3n) is 3.20. The largest absolute Gasteiger partial charge is 0.392 e. The van der Waals surface area contributed by atoms with Crippen LogP contribution in [0.1, 0.15) is 44.5 Å². The lowest BCUT2D eigenvalue weighted by molar-refractivity contribution is 0.226. The molecule has 0 spiro atoms. The predicted molar refractivity (Wildman–Crippen MR) is 69.1 cm³/mol. The molecule has 0 saturated carbocycles. The SMILES string of the molecule is CC1(C)Cc2nc(Cl)cc(CO)c2C(C)(C)N1. The minimum Gasteiger partial charge on any atom is -0.392 e. The van der Waals surface area contributed by atoms with Crippen LogP contribution in [0, 0.1) is 0 Å². The summed E-state index contributed by atoms with van der Waals surface area (Å²) in [7, 11) is 0. The Morgan fingerprint density at radius 3 is 2.65 bits per heavy atom. The minimum atomic E-state index is -0.202. The Balaban J connectivity index is 2.65. The van der Waals surface area contributed by atoms with E-state index < -0.39 is 0 Å². The second-order valence-electron chi connectivity index (χ2n) is 5.89. The minimum absolute atomic E-state index is 0.00386. The molecule has 0 saturated heterocycles. The van der Waals surface area contributed by atoms with Crippen LogP contribution >= 0.6 is 11.6 Å². The third-order valence-corrected chi connectivity index (χ3v) is 3.39. The Hall–Kier alpha value is -0.640. The van der Waals surface area contributed by atoms with Gasteiger partial charge in [0, 0.05) is 23.2 Å². The Bertz CT molecular complexity index is 455. The maximum absolute atomic E-state index is 9.47. The van der Waals surface area contributed by atoms with Crippen LogP contribution in [0.4, 0.5) is 0 Å². The molecule has 0 aromatic carbocycles. The number of hydrogen-bond acceptors (Lipinski definition) is 3. The van der Waals surface area contributed by atoms with Gasteiger partial charge in [-0.2, -0.15) is 0 Å². The van der Waals surface area contributed by atoms with Gasteiger partial charge in [0.25, 0.3) is 0 Å². The first kappa shape index (κ1) is 12.8. The average Bonchev–Trinajstić information content (AvgIpc) is 2.11. The van der Waals surface area contributed by atoms with Gasteiger partial charge in [-0.15, -0.1) is 0 Å². The van der Waals surface area contributed by atoms with Gasteiger partial charge in [-0.3, -0.25) is 0 Å². The molecule has 2 rings (SSSR count). The molecule has 0 fully saturated rings. The zero-order chi connectivity index (χ0) is 12.8. The van der Waals surface area contributed by atoms with Gasteiger partial charge in [-0.25, -0.2) is 4.98 Å². The highest BCUT2D eigenvalue weighted by Gasteiger charge is 2.38. The Labute approximate surface area is 107 Å². The molecule has 0 radical (unpaired) electrons. The van der Waals surface area contributed by atoms with Gasteiger partial charge >= 0.3 is 0 Å². The molecule has 4 heteroatoms. The highest BCUT2D eigenvalue weighted by atomic mass is 35.5. The molecule has 3 nitrogen and oxygen atoms in total. The summed E-state index contributed by atoms with van der Waals surface area (Å²) >= 11 is 6.00. The van der Waals surface area contributed by atoms with Crippen molar-refractivity contribution in [3.63, 3.8) is 0 Å². The number of pyridine rings is 1. The Morgan fingerprint density at radius 1 is 1.41 bits per heavy atom. The Kier molecular flexibility index (Phi) is 2.97. The number of halogens is 1. The van der Waals surface area contributed by atoms with Gasteiger partial charge in [-0.05, 0) is 44.9 Å². The fourth-order valence-electron chi connectivity index (χ4n) is 3.00. The molecule has 2 heterocycles. The van der Waals surface area contributed by atoms with Gasteiger partial charge in [0.15, 0.2) is 0 Å². The summed E-state index contributed by atoms with van der Waals surface area (Å²) in [4.78, 5) is 4.43. The summed E-state index contributed by atoms with van der Waals surface area (Å²) in [6.45, 7) is 8.52. The normalized spacial score (nSPS) is 21.1. The maximum Gasteiger partial charge on any atom is 0.129 e. The lowest BCUT2D eigenvalue weighted by Gasteiger charge is -2.44. The van der Waals surface area contributed by atoms with Gasteiger partial charge in [-0.1, -0.05) is 11.6 Å². The van der Waals surface area contributed by atoms with E-state index in [0.717, 1.165) is 23.2 Å². The number of aliphatic hydroxyl groups excluding tert-OH is 1. The number of nitrogens with zero attached hydrogens (tertiary/aromatic N) is 1. The van der Waals surface area contributed by atoms with Crippen LogP contribution < -0.4 is 5.32 Å². The fraction of sp³-hybridized carbons (Fsp3) is 0.615. The van der Waals surface area contributed by atoms with Crippen molar-refractivity contribution < 1.29 is 5.11 Å². The van der Waals surface area contributed by atoms with Crippen molar-refractivity contribution in [3.8, 4) is 0 Å². The molecule has 1 aromatic rings. The second kappa shape index (κ2) is 3.94. The molecule has 1 aliphatic heterocycles. The molecule has 17 heavy (non-hydrogen) atoms. The highest BCUT2D eigenvalue weighted by molar-refractivity contribution is 6.29. The predicted octanol–water partition coefficient (Wildman–Crippen LogP) is 2.39. The first-order valence-electron chi connectivity index (χ1n) is 5.84. The van der Waals surface area contributed by atoms with E-state index in [1.807, 2.05) is 0 Å². The molecule has 2 N–H and O–H groups in total. The number of fused-ring (bicyclic) bond motifs is 1. The van der Waals surface area contributed by atoms with E-state index in [2.05, 4.69) is 38.0 Å². The van der Waals surface area contributed by atoms with Crippen LogP contribution in [0.5, 0.6) is 0 Å². The van der Waals surface area contributed by atoms with Gasteiger partial charge in [0.2, 0.25) is 0 Å². The second-order valence-corrected chi connectivity index (χ2v) is 6.28. The van der Waals surface area contributed by atoms with E-state index >= 15 is 0 Å². The van der Waals surface area contributed by atoms with Crippen molar-refractivity contribution in [2.75, 3.05) is 0 Å². The van der Waals surface area contributed by atoms with Gasteiger partial charge < -0.3 is 10.4 Å². The van der Waals surface area contributed by atoms with E-state index in [1.165, 1.54) is 0 Å². The van der Waals surface area contributed by atoms with Crippen molar-refractivity contribution >= 4 is 11.6 Å². The van der Waals surface area contributed by atoms with E-state index in [1.54, 1.807) is 6.07 Å². The molecule has 1 aromatic heterocycles. The molecular formula is C13H19ClN2O. The van der Waals surface area contributed by atoms with E-state index in [-0.39, 0.29) is 17.7 Å². The van der Waals surface area contributed by atoms with Crippen LogP contribution in [-0.2, 0) is 18.6 Å².